The molecule has 0 saturated carbocycles. The van der Waals surface area contributed by atoms with Crippen LogP contribution >= 0.6 is 0 Å². The van der Waals surface area contributed by atoms with E-state index in [0.717, 1.165) is 11.0 Å². The van der Waals surface area contributed by atoms with Crippen molar-refractivity contribution in [3.8, 4) is 0 Å². The summed E-state index contributed by atoms with van der Waals surface area (Å²) in [6.45, 7) is 1.28. The minimum absolute atomic E-state index is 0.135. The van der Waals surface area contributed by atoms with Crippen molar-refractivity contribution in [3.63, 3.8) is 0 Å². The lowest BCUT2D eigenvalue weighted by Gasteiger charge is -2.22. The molecular formula is C11H12F2N2O4. The highest BCUT2D eigenvalue weighted by Gasteiger charge is 2.26. The number of hydrogen-bond acceptors (Lipinski definition) is 4. The number of hydrogen-bond donors (Lipinski definition) is 1. The van der Waals surface area contributed by atoms with E-state index >= 15 is 0 Å². The van der Waals surface area contributed by atoms with E-state index in [0.29, 0.717) is 12.5 Å². The third-order valence-corrected chi connectivity index (χ3v) is 2.35. The number of carbonyl (C=O) groups is 1. The van der Waals surface area contributed by atoms with Crippen molar-refractivity contribution in [2.24, 2.45) is 0 Å². The monoisotopic (exact) mass is 274 g/mol. The fourth-order valence-corrected chi connectivity index (χ4v) is 1.69. The Balaban J connectivity index is 3.34. The zero-order chi connectivity index (χ0) is 14.6. The van der Waals surface area contributed by atoms with E-state index in [-0.39, 0.29) is 12.2 Å². The van der Waals surface area contributed by atoms with Crippen molar-refractivity contribution in [3.05, 3.63) is 33.9 Å². The molecule has 0 aliphatic rings. The molecule has 1 rings (SSSR count). The third kappa shape index (κ3) is 3.60. The van der Waals surface area contributed by atoms with Crippen molar-refractivity contribution >= 4 is 17.3 Å². The SMILES string of the molecule is CCCN(CC(=O)O)c1cc(F)cc(F)c1[N+](=O)[O-]. The summed E-state index contributed by atoms with van der Waals surface area (Å²) in [5.74, 6) is -3.57. The molecule has 0 heterocycles. The summed E-state index contributed by atoms with van der Waals surface area (Å²) in [5, 5.41) is 19.6. The van der Waals surface area contributed by atoms with Gasteiger partial charge in [0, 0.05) is 18.7 Å². The first-order chi connectivity index (χ1) is 8.86. The minimum Gasteiger partial charge on any atom is -0.480 e. The first-order valence-corrected chi connectivity index (χ1v) is 5.47. The number of carboxylic acids is 1. The predicted octanol–water partition coefficient (Wildman–Crippen LogP) is 2.17. The molecule has 8 heteroatoms. The highest BCUT2D eigenvalue weighted by atomic mass is 19.1. The molecule has 0 aromatic heterocycles. The fourth-order valence-electron chi connectivity index (χ4n) is 1.69. The molecule has 1 aromatic rings. The topological polar surface area (TPSA) is 83.7 Å². The van der Waals surface area contributed by atoms with Crippen LogP contribution in [0.15, 0.2) is 12.1 Å². The molecule has 0 unspecified atom stereocenters. The second-order valence-electron chi connectivity index (χ2n) is 3.83. The van der Waals surface area contributed by atoms with Crippen molar-refractivity contribution in [1.82, 2.24) is 0 Å². The lowest BCUT2D eigenvalue weighted by Crippen LogP contribution is -2.31. The molecule has 0 fully saturated rings. The lowest BCUT2D eigenvalue weighted by molar-refractivity contribution is -0.386. The highest BCUT2D eigenvalue weighted by molar-refractivity contribution is 5.76. The number of halogens is 2. The Hall–Kier alpha value is -2.25. The number of nitro groups is 1. The molecule has 104 valence electrons. The van der Waals surface area contributed by atoms with Crippen LogP contribution in [0.4, 0.5) is 20.2 Å². The molecule has 0 spiro atoms. The standard InChI is InChI=1S/C11H12F2N2O4/c1-2-3-14(6-10(16)17)9-5-7(12)4-8(13)11(9)15(18)19/h4-5H,2-3,6H2,1H3,(H,16,17). The van der Waals surface area contributed by atoms with Crippen LogP contribution < -0.4 is 4.90 Å². The van der Waals surface area contributed by atoms with Gasteiger partial charge in [0.2, 0.25) is 5.82 Å². The summed E-state index contributed by atoms with van der Waals surface area (Å²) >= 11 is 0. The number of nitro benzene ring substituents is 1. The van der Waals surface area contributed by atoms with Gasteiger partial charge in [-0.1, -0.05) is 6.92 Å². The Morgan fingerprint density at radius 2 is 2.11 bits per heavy atom. The summed E-state index contributed by atoms with van der Waals surface area (Å²) in [5.41, 5.74) is -1.29. The summed E-state index contributed by atoms with van der Waals surface area (Å²) in [6.07, 6.45) is 0.475. The predicted molar refractivity (Wildman–Crippen MR) is 63.2 cm³/mol. The molecule has 1 aromatic carbocycles. The maximum atomic E-state index is 13.4. The van der Waals surface area contributed by atoms with Crippen molar-refractivity contribution < 1.29 is 23.6 Å². The quantitative estimate of drug-likeness (QED) is 0.635. The Morgan fingerprint density at radius 3 is 2.58 bits per heavy atom. The van der Waals surface area contributed by atoms with Crippen molar-refractivity contribution in [1.29, 1.82) is 0 Å². The van der Waals surface area contributed by atoms with Gasteiger partial charge in [0.05, 0.1) is 4.92 Å². The second-order valence-corrected chi connectivity index (χ2v) is 3.83. The molecule has 0 atom stereocenters. The molecule has 19 heavy (non-hydrogen) atoms. The summed E-state index contributed by atoms with van der Waals surface area (Å²) in [4.78, 5) is 21.6. The van der Waals surface area contributed by atoms with Gasteiger partial charge in [-0.3, -0.25) is 14.9 Å². The molecule has 0 aliphatic heterocycles. The molecule has 0 amide bonds. The summed E-state index contributed by atoms with van der Waals surface area (Å²) in [6, 6.07) is 1.16. The maximum absolute atomic E-state index is 13.4. The fraction of sp³-hybridized carbons (Fsp3) is 0.364. The smallest absolute Gasteiger partial charge is 0.328 e. The van der Waals surface area contributed by atoms with Crippen molar-refractivity contribution in [2.45, 2.75) is 13.3 Å². The van der Waals surface area contributed by atoms with E-state index in [4.69, 9.17) is 5.11 Å². The minimum atomic E-state index is -1.33. The summed E-state index contributed by atoms with van der Waals surface area (Å²) < 4.78 is 26.6. The lowest BCUT2D eigenvalue weighted by atomic mass is 10.2. The zero-order valence-electron chi connectivity index (χ0n) is 10.1. The van der Waals surface area contributed by atoms with E-state index in [9.17, 15) is 23.7 Å². The number of carboxylic acid groups (broad SMARTS) is 1. The normalized spacial score (nSPS) is 10.3. The number of anilines is 1. The first kappa shape index (κ1) is 14.8. The van der Waals surface area contributed by atoms with Gasteiger partial charge in [-0.2, -0.15) is 4.39 Å². The van der Waals surface area contributed by atoms with Gasteiger partial charge >= 0.3 is 11.7 Å². The largest absolute Gasteiger partial charge is 0.480 e. The second kappa shape index (κ2) is 6.07. The van der Waals surface area contributed by atoms with Crippen LogP contribution in [0.5, 0.6) is 0 Å². The van der Waals surface area contributed by atoms with Gasteiger partial charge in [-0.05, 0) is 6.42 Å². The average Bonchev–Trinajstić information content (AvgIpc) is 2.25. The molecule has 1 N–H and O–H groups in total. The average molecular weight is 274 g/mol. The first-order valence-electron chi connectivity index (χ1n) is 5.47. The number of rotatable bonds is 6. The van der Waals surface area contributed by atoms with Crippen LogP contribution in [-0.4, -0.2) is 29.1 Å². The maximum Gasteiger partial charge on any atom is 0.328 e. The van der Waals surface area contributed by atoms with Gasteiger partial charge in [-0.25, -0.2) is 4.39 Å². The van der Waals surface area contributed by atoms with Gasteiger partial charge in [-0.15, -0.1) is 0 Å². The highest BCUT2D eigenvalue weighted by Crippen LogP contribution is 2.32. The Labute approximate surface area is 107 Å². The Kier molecular flexibility index (Phi) is 4.74. The van der Waals surface area contributed by atoms with Gasteiger partial charge in [0.25, 0.3) is 0 Å². The number of benzene rings is 1. The summed E-state index contributed by atoms with van der Waals surface area (Å²) in [7, 11) is 0. The van der Waals surface area contributed by atoms with Gasteiger partial charge in [0.1, 0.15) is 18.0 Å². The Morgan fingerprint density at radius 1 is 1.47 bits per heavy atom. The van der Waals surface area contributed by atoms with Crippen LogP contribution in [0.1, 0.15) is 13.3 Å². The van der Waals surface area contributed by atoms with Crippen molar-refractivity contribution in [2.75, 3.05) is 18.0 Å². The van der Waals surface area contributed by atoms with Crippen LogP contribution in [0.3, 0.4) is 0 Å². The molecule has 6 nitrogen and oxygen atoms in total. The van der Waals surface area contributed by atoms with Gasteiger partial charge < -0.3 is 10.0 Å². The van der Waals surface area contributed by atoms with E-state index in [2.05, 4.69) is 0 Å². The third-order valence-electron chi connectivity index (χ3n) is 2.35. The van der Waals surface area contributed by atoms with E-state index in [1.165, 1.54) is 0 Å². The van der Waals surface area contributed by atoms with E-state index in [1.807, 2.05) is 0 Å². The number of nitrogens with zero attached hydrogens (tertiary/aromatic N) is 2. The molecule has 0 bridgehead atoms. The van der Waals surface area contributed by atoms with Gasteiger partial charge in [0.15, 0.2) is 0 Å². The number of aliphatic carboxylic acids is 1. The zero-order valence-corrected chi connectivity index (χ0v) is 10.1. The molecule has 0 radical (unpaired) electrons. The molecule has 0 aliphatic carbocycles. The van der Waals surface area contributed by atoms with Crippen LogP contribution in [0, 0.1) is 21.7 Å². The van der Waals surface area contributed by atoms with Crippen LogP contribution in [0.2, 0.25) is 0 Å². The van der Waals surface area contributed by atoms with Crippen LogP contribution in [0.25, 0.3) is 0 Å². The van der Waals surface area contributed by atoms with E-state index in [1.54, 1.807) is 6.92 Å². The molecule has 0 saturated heterocycles. The Bertz CT molecular complexity index is 508. The van der Waals surface area contributed by atoms with E-state index < -0.39 is 34.8 Å². The van der Waals surface area contributed by atoms with Crippen LogP contribution in [-0.2, 0) is 4.79 Å². The molecular weight excluding hydrogens is 262 g/mol.